The second-order valence-electron chi connectivity index (χ2n) is 3.58. The second kappa shape index (κ2) is 4.91. The summed E-state index contributed by atoms with van der Waals surface area (Å²) >= 11 is 0. The van der Waals surface area contributed by atoms with Crippen LogP contribution in [0.3, 0.4) is 0 Å². The van der Waals surface area contributed by atoms with Gasteiger partial charge in [0.25, 0.3) is 0 Å². The quantitative estimate of drug-likeness (QED) is 0.656. The van der Waals surface area contributed by atoms with Gasteiger partial charge in [0.1, 0.15) is 5.75 Å². The van der Waals surface area contributed by atoms with E-state index >= 15 is 0 Å². The molecule has 17 heavy (non-hydrogen) atoms. The Balaban J connectivity index is 0.000000514. The normalized spacial score (nSPS) is 10.1. The first kappa shape index (κ1) is 11.5. The SMILES string of the molecule is CC.COc1ccc2[nH]c3ccccc3c2c1. The van der Waals surface area contributed by atoms with Crippen molar-refractivity contribution in [1.82, 2.24) is 4.98 Å². The van der Waals surface area contributed by atoms with E-state index in [0.29, 0.717) is 0 Å². The molecule has 0 saturated heterocycles. The van der Waals surface area contributed by atoms with Gasteiger partial charge < -0.3 is 9.72 Å². The molecule has 0 amide bonds. The third kappa shape index (κ3) is 1.98. The smallest absolute Gasteiger partial charge is 0.119 e. The van der Waals surface area contributed by atoms with Gasteiger partial charge >= 0.3 is 0 Å². The molecule has 1 heterocycles. The average Bonchev–Trinajstić information content (AvgIpc) is 2.78. The molecule has 88 valence electrons. The number of aromatic nitrogens is 1. The minimum Gasteiger partial charge on any atom is -0.497 e. The maximum Gasteiger partial charge on any atom is 0.119 e. The molecule has 2 heteroatoms. The van der Waals surface area contributed by atoms with Crippen molar-refractivity contribution in [3.8, 4) is 5.75 Å². The average molecular weight is 227 g/mol. The highest BCUT2D eigenvalue weighted by Gasteiger charge is 2.03. The van der Waals surface area contributed by atoms with Gasteiger partial charge in [0.05, 0.1) is 7.11 Å². The highest BCUT2D eigenvalue weighted by molar-refractivity contribution is 6.07. The van der Waals surface area contributed by atoms with Crippen LogP contribution in [0.2, 0.25) is 0 Å². The number of ether oxygens (including phenoxy) is 1. The summed E-state index contributed by atoms with van der Waals surface area (Å²) in [5, 5.41) is 2.45. The van der Waals surface area contributed by atoms with Crippen LogP contribution in [-0.2, 0) is 0 Å². The van der Waals surface area contributed by atoms with Crippen LogP contribution in [-0.4, -0.2) is 12.1 Å². The van der Waals surface area contributed by atoms with E-state index in [4.69, 9.17) is 4.74 Å². The highest BCUT2D eigenvalue weighted by atomic mass is 16.5. The van der Waals surface area contributed by atoms with Crippen LogP contribution < -0.4 is 4.74 Å². The summed E-state index contributed by atoms with van der Waals surface area (Å²) in [5.74, 6) is 0.896. The van der Waals surface area contributed by atoms with E-state index in [1.165, 1.54) is 16.3 Å². The molecular formula is C15H17NO. The number of aromatic amines is 1. The van der Waals surface area contributed by atoms with Crippen LogP contribution in [0, 0.1) is 0 Å². The molecule has 3 rings (SSSR count). The zero-order valence-corrected chi connectivity index (χ0v) is 10.4. The van der Waals surface area contributed by atoms with Gasteiger partial charge in [-0.25, -0.2) is 0 Å². The fraction of sp³-hybridized carbons (Fsp3) is 0.200. The van der Waals surface area contributed by atoms with E-state index in [0.717, 1.165) is 11.3 Å². The second-order valence-corrected chi connectivity index (χ2v) is 3.58. The van der Waals surface area contributed by atoms with Crippen LogP contribution in [0.1, 0.15) is 13.8 Å². The van der Waals surface area contributed by atoms with Crippen molar-refractivity contribution in [3.63, 3.8) is 0 Å². The highest BCUT2D eigenvalue weighted by Crippen LogP contribution is 2.28. The molecule has 0 spiro atoms. The minimum atomic E-state index is 0.896. The lowest BCUT2D eigenvalue weighted by molar-refractivity contribution is 0.415. The fourth-order valence-corrected chi connectivity index (χ4v) is 1.95. The Morgan fingerprint density at radius 2 is 1.59 bits per heavy atom. The first-order chi connectivity index (χ1) is 8.38. The van der Waals surface area contributed by atoms with Crippen LogP contribution in [0.15, 0.2) is 42.5 Å². The summed E-state index contributed by atoms with van der Waals surface area (Å²) in [7, 11) is 1.69. The van der Waals surface area contributed by atoms with Gasteiger partial charge in [-0.3, -0.25) is 0 Å². The predicted octanol–water partition coefficient (Wildman–Crippen LogP) is 4.36. The Labute approximate surface area is 101 Å². The van der Waals surface area contributed by atoms with E-state index in [2.05, 4.69) is 29.2 Å². The number of methoxy groups -OCH3 is 1. The van der Waals surface area contributed by atoms with Crippen molar-refractivity contribution in [2.75, 3.05) is 7.11 Å². The van der Waals surface area contributed by atoms with Gasteiger partial charge in [-0.05, 0) is 24.3 Å². The third-order valence-electron chi connectivity index (χ3n) is 2.71. The number of fused-ring (bicyclic) bond motifs is 3. The van der Waals surface area contributed by atoms with E-state index < -0.39 is 0 Å². The van der Waals surface area contributed by atoms with E-state index in [1.54, 1.807) is 7.11 Å². The first-order valence-corrected chi connectivity index (χ1v) is 5.93. The van der Waals surface area contributed by atoms with Gasteiger partial charge in [0.15, 0.2) is 0 Å². The van der Waals surface area contributed by atoms with Gasteiger partial charge in [-0.15, -0.1) is 0 Å². The Hall–Kier alpha value is -1.96. The molecule has 0 unspecified atom stereocenters. The van der Waals surface area contributed by atoms with Crippen LogP contribution in [0.25, 0.3) is 21.8 Å². The fourth-order valence-electron chi connectivity index (χ4n) is 1.95. The van der Waals surface area contributed by atoms with Crippen molar-refractivity contribution in [2.45, 2.75) is 13.8 Å². The molecule has 0 aliphatic heterocycles. The van der Waals surface area contributed by atoms with Gasteiger partial charge in [0, 0.05) is 21.8 Å². The molecule has 0 bridgehead atoms. The number of rotatable bonds is 1. The lowest BCUT2D eigenvalue weighted by Gasteiger charge is -1.98. The molecule has 2 nitrogen and oxygen atoms in total. The number of benzene rings is 2. The third-order valence-corrected chi connectivity index (χ3v) is 2.71. The molecule has 2 aromatic carbocycles. The summed E-state index contributed by atoms with van der Waals surface area (Å²) in [4.78, 5) is 3.37. The van der Waals surface area contributed by atoms with E-state index in [9.17, 15) is 0 Å². The number of nitrogens with one attached hydrogen (secondary N) is 1. The number of para-hydroxylation sites is 1. The van der Waals surface area contributed by atoms with Crippen LogP contribution in [0.5, 0.6) is 5.75 Å². The Bertz CT molecular complexity index is 625. The molecule has 0 aliphatic carbocycles. The van der Waals surface area contributed by atoms with Crippen molar-refractivity contribution in [2.24, 2.45) is 0 Å². The topological polar surface area (TPSA) is 25.0 Å². The number of H-pyrrole nitrogens is 1. The largest absolute Gasteiger partial charge is 0.497 e. The Morgan fingerprint density at radius 1 is 0.882 bits per heavy atom. The molecule has 3 aromatic rings. The summed E-state index contributed by atoms with van der Waals surface area (Å²) < 4.78 is 5.23. The molecule has 0 aliphatic rings. The maximum atomic E-state index is 5.23. The first-order valence-electron chi connectivity index (χ1n) is 5.93. The minimum absolute atomic E-state index is 0.896. The zero-order valence-electron chi connectivity index (χ0n) is 10.4. The summed E-state index contributed by atoms with van der Waals surface area (Å²) in [6.07, 6.45) is 0. The molecule has 0 fully saturated rings. The van der Waals surface area contributed by atoms with Crippen LogP contribution in [0.4, 0.5) is 0 Å². The van der Waals surface area contributed by atoms with E-state index in [1.807, 2.05) is 32.0 Å². The van der Waals surface area contributed by atoms with Gasteiger partial charge in [-0.1, -0.05) is 32.0 Å². The number of hydrogen-bond acceptors (Lipinski definition) is 1. The van der Waals surface area contributed by atoms with Crippen molar-refractivity contribution in [1.29, 1.82) is 0 Å². The molecular weight excluding hydrogens is 210 g/mol. The molecule has 0 atom stereocenters. The standard InChI is InChI=1S/C13H11NO.C2H6/c1-15-9-6-7-13-11(8-9)10-4-2-3-5-12(10)14-13;1-2/h2-8,14H,1H3;1-2H3. The maximum absolute atomic E-state index is 5.23. The van der Waals surface area contributed by atoms with Crippen molar-refractivity contribution >= 4 is 21.8 Å². The van der Waals surface area contributed by atoms with E-state index in [-0.39, 0.29) is 0 Å². The predicted molar refractivity (Wildman–Crippen MR) is 73.7 cm³/mol. The summed E-state index contributed by atoms with van der Waals surface area (Å²) in [5.41, 5.74) is 2.32. The molecule has 0 saturated carbocycles. The van der Waals surface area contributed by atoms with Crippen molar-refractivity contribution in [3.05, 3.63) is 42.5 Å². The summed E-state index contributed by atoms with van der Waals surface area (Å²) in [6, 6.07) is 14.4. The van der Waals surface area contributed by atoms with Gasteiger partial charge in [0.2, 0.25) is 0 Å². The van der Waals surface area contributed by atoms with Crippen LogP contribution >= 0.6 is 0 Å². The Morgan fingerprint density at radius 3 is 2.35 bits per heavy atom. The zero-order chi connectivity index (χ0) is 12.3. The molecule has 1 aromatic heterocycles. The molecule has 1 N–H and O–H groups in total. The lowest BCUT2D eigenvalue weighted by atomic mass is 10.1. The summed E-state index contributed by atoms with van der Waals surface area (Å²) in [6.45, 7) is 4.00. The lowest BCUT2D eigenvalue weighted by Crippen LogP contribution is -1.80. The monoisotopic (exact) mass is 227 g/mol. The molecule has 0 radical (unpaired) electrons. The van der Waals surface area contributed by atoms with Crippen molar-refractivity contribution < 1.29 is 4.74 Å². The number of hydrogen-bond donors (Lipinski definition) is 1. The van der Waals surface area contributed by atoms with Gasteiger partial charge in [-0.2, -0.15) is 0 Å². The Kier molecular flexibility index (Phi) is 3.33.